The van der Waals surface area contributed by atoms with E-state index < -0.39 is 23.6 Å². The van der Waals surface area contributed by atoms with Gasteiger partial charge in [-0.1, -0.05) is 18.2 Å². The topological polar surface area (TPSA) is 69.6 Å². The van der Waals surface area contributed by atoms with Crippen molar-refractivity contribution in [2.24, 2.45) is 0 Å². The van der Waals surface area contributed by atoms with Gasteiger partial charge in [0.2, 0.25) is 0 Å². The molecule has 0 saturated carbocycles. The van der Waals surface area contributed by atoms with Crippen LogP contribution in [-0.4, -0.2) is 22.7 Å². The van der Waals surface area contributed by atoms with Crippen LogP contribution in [0.15, 0.2) is 42.5 Å². The number of aliphatic hydroxyl groups is 1. The monoisotopic (exact) mass is 293 g/mol. The number of amides is 1. The normalized spacial score (nSPS) is 12.0. The van der Waals surface area contributed by atoms with E-state index in [-0.39, 0.29) is 23.4 Å². The van der Waals surface area contributed by atoms with Crippen molar-refractivity contribution in [3.63, 3.8) is 0 Å². The average molecular weight is 293 g/mol. The van der Waals surface area contributed by atoms with Crippen LogP contribution in [0.25, 0.3) is 0 Å². The van der Waals surface area contributed by atoms with Crippen LogP contribution in [0.5, 0.6) is 5.75 Å². The molecule has 110 valence electrons. The third-order valence-electron chi connectivity index (χ3n) is 2.93. The van der Waals surface area contributed by atoms with E-state index in [1.54, 1.807) is 12.1 Å². The quantitative estimate of drug-likeness (QED) is 0.809. The minimum absolute atomic E-state index is 0.0648. The van der Waals surface area contributed by atoms with E-state index in [0.29, 0.717) is 0 Å². The molecule has 0 aliphatic carbocycles. The van der Waals surface area contributed by atoms with Crippen LogP contribution in [0.1, 0.15) is 22.0 Å². The summed E-state index contributed by atoms with van der Waals surface area (Å²) in [6, 6.07) is 8.94. The van der Waals surface area contributed by atoms with Crippen LogP contribution in [0.2, 0.25) is 0 Å². The lowest BCUT2D eigenvalue weighted by Crippen LogP contribution is -2.28. The summed E-state index contributed by atoms with van der Waals surface area (Å²) < 4.78 is 25.8. The standard InChI is InChI=1S/C15H13F2NO3/c16-11-6-5-9(7-12(11)17)14(20)8-18-15(21)10-3-1-2-4-13(10)19/h1-7,14,19-20H,8H2,(H,18,21). The maximum atomic E-state index is 13.0. The fourth-order valence-electron chi connectivity index (χ4n) is 1.79. The largest absolute Gasteiger partial charge is 0.507 e. The number of hydrogen-bond donors (Lipinski definition) is 3. The zero-order valence-electron chi connectivity index (χ0n) is 10.9. The number of nitrogens with one attached hydrogen (secondary N) is 1. The molecule has 0 aliphatic rings. The Morgan fingerprint density at radius 3 is 2.52 bits per heavy atom. The summed E-state index contributed by atoms with van der Waals surface area (Å²) in [5.74, 6) is -2.84. The van der Waals surface area contributed by atoms with Gasteiger partial charge >= 0.3 is 0 Å². The van der Waals surface area contributed by atoms with E-state index in [4.69, 9.17) is 0 Å². The summed E-state index contributed by atoms with van der Waals surface area (Å²) in [6.07, 6.45) is -1.19. The molecule has 0 bridgehead atoms. The Bertz CT molecular complexity index is 661. The second kappa shape index (κ2) is 6.32. The van der Waals surface area contributed by atoms with Gasteiger partial charge in [-0.15, -0.1) is 0 Å². The first-order valence-corrected chi connectivity index (χ1v) is 6.18. The average Bonchev–Trinajstić information content (AvgIpc) is 2.47. The number of phenols is 1. The van der Waals surface area contributed by atoms with Gasteiger partial charge in [-0.05, 0) is 29.8 Å². The van der Waals surface area contributed by atoms with Gasteiger partial charge in [0.15, 0.2) is 11.6 Å². The van der Waals surface area contributed by atoms with Crippen molar-refractivity contribution >= 4 is 5.91 Å². The van der Waals surface area contributed by atoms with E-state index in [2.05, 4.69) is 5.32 Å². The summed E-state index contributed by atoms with van der Waals surface area (Å²) in [7, 11) is 0. The minimum atomic E-state index is -1.19. The van der Waals surface area contributed by atoms with Crippen molar-refractivity contribution in [3.05, 3.63) is 65.2 Å². The van der Waals surface area contributed by atoms with E-state index in [1.165, 1.54) is 18.2 Å². The molecule has 4 nitrogen and oxygen atoms in total. The summed E-state index contributed by atoms with van der Waals surface area (Å²) in [5, 5.41) is 21.8. The molecule has 1 atom stereocenters. The van der Waals surface area contributed by atoms with E-state index in [9.17, 15) is 23.8 Å². The molecular formula is C15H13F2NO3. The number of aromatic hydroxyl groups is 1. The van der Waals surface area contributed by atoms with Crippen LogP contribution in [0, 0.1) is 11.6 Å². The molecule has 0 fully saturated rings. The first-order chi connectivity index (χ1) is 9.99. The van der Waals surface area contributed by atoms with E-state index in [1.807, 2.05) is 0 Å². The first-order valence-electron chi connectivity index (χ1n) is 6.18. The predicted molar refractivity (Wildman–Crippen MR) is 71.8 cm³/mol. The number of rotatable bonds is 4. The number of aliphatic hydroxyl groups excluding tert-OH is 1. The molecule has 0 radical (unpaired) electrons. The molecular weight excluding hydrogens is 280 g/mol. The minimum Gasteiger partial charge on any atom is -0.507 e. The zero-order valence-corrected chi connectivity index (χ0v) is 10.9. The van der Waals surface area contributed by atoms with Crippen molar-refractivity contribution in [3.8, 4) is 5.75 Å². The zero-order chi connectivity index (χ0) is 15.4. The second-order valence-corrected chi connectivity index (χ2v) is 4.42. The molecule has 1 unspecified atom stereocenters. The highest BCUT2D eigenvalue weighted by molar-refractivity contribution is 5.96. The predicted octanol–water partition coefficient (Wildman–Crippen LogP) is 2.13. The fourth-order valence-corrected chi connectivity index (χ4v) is 1.79. The summed E-state index contributed by atoms with van der Waals surface area (Å²) in [4.78, 5) is 11.8. The van der Waals surface area contributed by atoms with E-state index in [0.717, 1.165) is 12.1 Å². The molecule has 1 amide bonds. The molecule has 0 saturated heterocycles. The van der Waals surface area contributed by atoms with Gasteiger partial charge in [-0.3, -0.25) is 4.79 Å². The van der Waals surface area contributed by atoms with Crippen molar-refractivity contribution in [2.45, 2.75) is 6.10 Å². The number of para-hydroxylation sites is 1. The highest BCUT2D eigenvalue weighted by Gasteiger charge is 2.14. The SMILES string of the molecule is O=C(NCC(O)c1ccc(F)c(F)c1)c1ccccc1O. The van der Waals surface area contributed by atoms with Crippen molar-refractivity contribution < 1.29 is 23.8 Å². The fraction of sp³-hybridized carbons (Fsp3) is 0.133. The first kappa shape index (κ1) is 14.9. The van der Waals surface area contributed by atoms with Crippen molar-refractivity contribution in [2.75, 3.05) is 6.54 Å². The Hall–Kier alpha value is -2.47. The van der Waals surface area contributed by atoms with Gasteiger partial charge < -0.3 is 15.5 Å². The highest BCUT2D eigenvalue weighted by atomic mass is 19.2. The molecule has 2 aromatic carbocycles. The summed E-state index contributed by atoms with van der Waals surface area (Å²) in [5.41, 5.74) is 0.210. The maximum Gasteiger partial charge on any atom is 0.255 e. The third-order valence-corrected chi connectivity index (χ3v) is 2.93. The van der Waals surface area contributed by atoms with Crippen molar-refractivity contribution in [1.29, 1.82) is 0 Å². The lowest BCUT2D eigenvalue weighted by Gasteiger charge is -2.13. The molecule has 0 aromatic heterocycles. The smallest absolute Gasteiger partial charge is 0.255 e. The van der Waals surface area contributed by atoms with Crippen LogP contribution >= 0.6 is 0 Å². The maximum absolute atomic E-state index is 13.0. The van der Waals surface area contributed by atoms with Crippen LogP contribution in [0.4, 0.5) is 8.78 Å². The van der Waals surface area contributed by atoms with Gasteiger partial charge in [0, 0.05) is 6.54 Å². The molecule has 2 rings (SSSR count). The molecule has 0 heterocycles. The number of hydrogen-bond acceptors (Lipinski definition) is 3. The lowest BCUT2D eigenvalue weighted by molar-refractivity contribution is 0.0913. The molecule has 2 aromatic rings. The van der Waals surface area contributed by atoms with Gasteiger partial charge in [-0.25, -0.2) is 8.78 Å². The van der Waals surface area contributed by atoms with Crippen LogP contribution in [0.3, 0.4) is 0 Å². The Labute approximate surface area is 119 Å². The van der Waals surface area contributed by atoms with Gasteiger partial charge in [0.25, 0.3) is 5.91 Å². The number of benzene rings is 2. The third kappa shape index (κ3) is 3.55. The van der Waals surface area contributed by atoms with Crippen molar-refractivity contribution in [1.82, 2.24) is 5.32 Å². The number of carbonyl (C=O) groups is 1. The highest BCUT2D eigenvalue weighted by Crippen LogP contribution is 2.17. The van der Waals surface area contributed by atoms with Gasteiger partial charge in [-0.2, -0.15) is 0 Å². The van der Waals surface area contributed by atoms with Crippen LogP contribution in [-0.2, 0) is 0 Å². The molecule has 3 N–H and O–H groups in total. The van der Waals surface area contributed by atoms with Crippen LogP contribution < -0.4 is 5.32 Å². The molecule has 0 spiro atoms. The lowest BCUT2D eigenvalue weighted by atomic mass is 10.1. The Balaban J connectivity index is 2.01. The Kier molecular flexibility index (Phi) is 4.49. The molecule has 0 aliphatic heterocycles. The molecule has 6 heteroatoms. The Morgan fingerprint density at radius 1 is 1.14 bits per heavy atom. The Morgan fingerprint density at radius 2 is 1.86 bits per heavy atom. The second-order valence-electron chi connectivity index (χ2n) is 4.42. The molecule has 21 heavy (non-hydrogen) atoms. The van der Waals surface area contributed by atoms with Gasteiger partial charge in [0.05, 0.1) is 11.7 Å². The summed E-state index contributed by atoms with van der Waals surface area (Å²) >= 11 is 0. The van der Waals surface area contributed by atoms with E-state index >= 15 is 0 Å². The summed E-state index contributed by atoms with van der Waals surface area (Å²) in [6.45, 7) is -0.196. The van der Waals surface area contributed by atoms with Gasteiger partial charge in [0.1, 0.15) is 5.75 Å². The number of halogens is 2. The number of phenolic OH excluding ortho intramolecular Hbond substituents is 1. The number of carbonyl (C=O) groups excluding carboxylic acids is 1.